The van der Waals surface area contributed by atoms with E-state index in [-0.39, 0.29) is 0 Å². The standard InChI is InChI=1S/C19H19F9N2O4/c1-10(2)9-15(14(33)34-3,17(20,21)22)30-13(32)16(18(23,24)25,19(26,27)28)29-12(31)11-7-5-4-6-8-11/h4-8,10H,9H2,1-3H3,(H,29,31)(H,30,32). The zero-order valence-electron chi connectivity index (χ0n) is 17.7. The van der Waals surface area contributed by atoms with Crippen LogP contribution in [0.2, 0.25) is 0 Å². The second-order valence-electron chi connectivity index (χ2n) is 7.51. The van der Waals surface area contributed by atoms with Crippen molar-refractivity contribution in [3.05, 3.63) is 35.9 Å². The van der Waals surface area contributed by atoms with Crippen LogP contribution in [0, 0.1) is 5.92 Å². The van der Waals surface area contributed by atoms with Crippen molar-refractivity contribution in [2.45, 2.75) is 49.9 Å². The molecule has 0 aliphatic heterocycles. The SMILES string of the molecule is COC(=O)C(CC(C)C)(NC(=O)C(NC(=O)c1ccccc1)(C(F)(F)F)C(F)(F)F)C(F)(F)F. The molecule has 0 spiro atoms. The number of esters is 1. The van der Waals surface area contributed by atoms with Gasteiger partial charge in [-0.2, -0.15) is 39.5 Å². The average molecular weight is 510 g/mol. The Hall–Kier alpha value is -3.00. The summed E-state index contributed by atoms with van der Waals surface area (Å²) in [6, 6.07) is 5.03. The number of benzene rings is 1. The molecule has 6 nitrogen and oxygen atoms in total. The van der Waals surface area contributed by atoms with Crippen molar-refractivity contribution in [3.63, 3.8) is 0 Å². The van der Waals surface area contributed by atoms with Gasteiger partial charge in [-0.15, -0.1) is 0 Å². The molecule has 0 radical (unpaired) electrons. The highest BCUT2D eigenvalue weighted by Gasteiger charge is 2.78. The van der Waals surface area contributed by atoms with E-state index in [1.807, 2.05) is 0 Å². The maximum Gasteiger partial charge on any atom is 0.429 e. The Balaban J connectivity index is 3.79. The van der Waals surface area contributed by atoms with Gasteiger partial charge >= 0.3 is 30.0 Å². The minimum absolute atomic E-state index is 0.396. The van der Waals surface area contributed by atoms with Crippen LogP contribution in [0.4, 0.5) is 39.5 Å². The van der Waals surface area contributed by atoms with E-state index in [4.69, 9.17) is 0 Å². The third-order valence-corrected chi connectivity index (χ3v) is 4.59. The van der Waals surface area contributed by atoms with Crippen LogP contribution >= 0.6 is 0 Å². The second-order valence-corrected chi connectivity index (χ2v) is 7.51. The summed E-state index contributed by atoms with van der Waals surface area (Å²) >= 11 is 0. The van der Waals surface area contributed by atoms with E-state index in [1.165, 1.54) is 6.07 Å². The summed E-state index contributed by atoms with van der Waals surface area (Å²) < 4.78 is 129. The van der Waals surface area contributed by atoms with Gasteiger partial charge in [0.2, 0.25) is 5.54 Å². The molecular weight excluding hydrogens is 491 g/mol. The van der Waals surface area contributed by atoms with Gasteiger partial charge < -0.3 is 15.4 Å². The molecule has 1 atom stereocenters. The number of hydrogen-bond acceptors (Lipinski definition) is 4. The molecule has 0 saturated carbocycles. The van der Waals surface area contributed by atoms with Gasteiger partial charge in [-0.1, -0.05) is 32.0 Å². The molecule has 15 heteroatoms. The Morgan fingerprint density at radius 3 is 1.65 bits per heavy atom. The monoisotopic (exact) mass is 510 g/mol. The quantitative estimate of drug-likeness (QED) is 0.431. The van der Waals surface area contributed by atoms with Crippen molar-refractivity contribution in [2.24, 2.45) is 5.92 Å². The third kappa shape index (κ3) is 5.38. The van der Waals surface area contributed by atoms with Crippen molar-refractivity contribution in [2.75, 3.05) is 7.11 Å². The lowest BCUT2D eigenvalue weighted by atomic mass is 9.85. The third-order valence-electron chi connectivity index (χ3n) is 4.59. The fourth-order valence-electron chi connectivity index (χ4n) is 3.01. The van der Waals surface area contributed by atoms with Gasteiger partial charge in [0.25, 0.3) is 11.8 Å². The van der Waals surface area contributed by atoms with Crippen LogP contribution in [0.25, 0.3) is 0 Å². The fourth-order valence-corrected chi connectivity index (χ4v) is 3.01. The lowest BCUT2D eigenvalue weighted by Gasteiger charge is -2.41. The fraction of sp³-hybridized carbons (Fsp3) is 0.526. The molecule has 0 aliphatic rings. The number of alkyl halides is 9. The first kappa shape index (κ1) is 29.0. The van der Waals surface area contributed by atoms with Gasteiger partial charge in [-0.3, -0.25) is 9.59 Å². The molecule has 0 fully saturated rings. The molecule has 0 heterocycles. The Kier molecular flexibility index (Phi) is 8.28. The molecule has 1 aromatic carbocycles. The number of carbonyl (C=O) groups is 3. The predicted molar refractivity (Wildman–Crippen MR) is 97.1 cm³/mol. The minimum Gasteiger partial charge on any atom is -0.467 e. The lowest BCUT2D eigenvalue weighted by molar-refractivity contribution is -0.294. The Morgan fingerprint density at radius 2 is 1.29 bits per heavy atom. The van der Waals surface area contributed by atoms with E-state index in [0.29, 0.717) is 17.7 Å². The molecule has 1 unspecified atom stereocenters. The van der Waals surface area contributed by atoms with E-state index in [2.05, 4.69) is 4.74 Å². The van der Waals surface area contributed by atoms with Crippen LogP contribution in [0.1, 0.15) is 30.6 Å². The van der Waals surface area contributed by atoms with Gasteiger partial charge in [-0.25, -0.2) is 4.79 Å². The first-order valence-corrected chi connectivity index (χ1v) is 9.25. The van der Waals surface area contributed by atoms with Crippen molar-refractivity contribution >= 4 is 17.8 Å². The van der Waals surface area contributed by atoms with E-state index >= 15 is 0 Å². The number of ether oxygens (including phenoxy) is 1. The summed E-state index contributed by atoms with van der Waals surface area (Å²) in [7, 11) is 0.396. The molecular formula is C19H19F9N2O4. The number of hydrogen-bond donors (Lipinski definition) is 2. The average Bonchev–Trinajstić information content (AvgIpc) is 2.67. The van der Waals surface area contributed by atoms with Gasteiger partial charge in [0.05, 0.1) is 7.11 Å². The van der Waals surface area contributed by atoms with Gasteiger partial charge in [0.15, 0.2) is 0 Å². The van der Waals surface area contributed by atoms with Crippen LogP contribution in [0.15, 0.2) is 30.3 Å². The highest BCUT2D eigenvalue weighted by Crippen LogP contribution is 2.45. The number of amides is 2. The molecule has 0 bridgehead atoms. The normalized spacial score (nSPS) is 14.9. The zero-order valence-corrected chi connectivity index (χ0v) is 17.7. The highest BCUT2D eigenvalue weighted by molar-refractivity contribution is 6.01. The lowest BCUT2D eigenvalue weighted by Crippen LogP contribution is -2.78. The number of halogens is 9. The van der Waals surface area contributed by atoms with Gasteiger partial charge in [-0.05, 0) is 24.5 Å². The maximum absolute atomic E-state index is 13.9. The number of nitrogens with one attached hydrogen (secondary N) is 2. The molecule has 2 amide bonds. The summed E-state index contributed by atoms with van der Waals surface area (Å²) in [5.41, 5.74) is -10.9. The van der Waals surface area contributed by atoms with Crippen molar-refractivity contribution in [1.82, 2.24) is 10.6 Å². The van der Waals surface area contributed by atoms with E-state index in [0.717, 1.165) is 38.1 Å². The van der Waals surface area contributed by atoms with E-state index < -0.39 is 65.3 Å². The first-order valence-electron chi connectivity index (χ1n) is 9.25. The van der Waals surface area contributed by atoms with Crippen molar-refractivity contribution < 1.29 is 58.6 Å². The summed E-state index contributed by atoms with van der Waals surface area (Å²) in [6.07, 6.45) is -20.7. The van der Waals surface area contributed by atoms with E-state index in [1.54, 1.807) is 0 Å². The maximum atomic E-state index is 13.9. The topological polar surface area (TPSA) is 84.5 Å². The number of carbonyl (C=O) groups excluding carboxylic acids is 3. The summed E-state index contributed by atoms with van der Waals surface area (Å²) in [5.74, 6) is -8.97. The predicted octanol–water partition coefficient (Wildman–Crippen LogP) is 3.92. The molecule has 2 N–H and O–H groups in total. The number of rotatable bonds is 7. The van der Waals surface area contributed by atoms with Crippen LogP contribution in [-0.4, -0.2) is 54.5 Å². The molecule has 34 heavy (non-hydrogen) atoms. The summed E-state index contributed by atoms with van der Waals surface area (Å²) in [5, 5.41) is 1.06. The second kappa shape index (κ2) is 9.70. The van der Waals surface area contributed by atoms with Crippen LogP contribution in [-0.2, 0) is 14.3 Å². The van der Waals surface area contributed by atoms with Crippen LogP contribution in [0.3, 0.4) is 0 Å². The smallest absolute Gasteiger partial charge is 0.429 e. The minimum atomic E-state index is -6.69. The largest absolute Gasteiger partial charge is 0.467 e. The molecule has 0 aliphatic carbocycles. The summed E-state index contributed by atoms with van der Waals surface area (Å²) in [4.78, 5) is 36.7. The van der Waals surface area contributed by atoms with Gasteiger partial charge in [0.1, 0.15) is 0 Å². The highest BCUT2D eigenvalue weighted by atomic mass is 19.4. The Morgan fingerprint density at radius 1 is 0.824 bits per heavy atom. The van der Waals surface area contributed by atoms with E-state index in [9.17, 15) is 53.9 Å². The molecule has 1 aromatic rings. The molecule has 1 rings (SSSR count). The molecule has 0 aromatic heterocycles. The van der Waals surface area contributed by atoms with Crippen molar-refractivity contribution in [3.8, 4) is 0 Å². The molecule has 192 valence electrons. The van der Waals surface area contributed by atoms with Crippen LogP contribution < -0.4 is 10.6 Å². The van der Waals surface area contributed by atoms with Crippen molar-refractivity contribution in [1.29, 1.82) is 0 Å². The molecule has 0 saturated heterocycles. The zero-order chi connectivity index (χ0) is 26.8. The van der Waals surface area contributed by atoms with Gasteiger partial charge in [0, 0.05) is 5.56 Å². The summed E-state index contributed by atoms with van der Waals surface area (Å²) in [6.45, 7) is 2.13. The Bertz CT molecular complexity index is 882. The number of methoxy groups -OCH3 is 1. The Labute approximate surface area is 186 Å². The van der Waals surface area contributed by atoms with Crippen LogP contribution in [0.5, 0.6) is 0 Å². The first-order chi connectivity index (χ1) is 15.3.